The third-order valence-electron chi connectivity index (χ3n) is 5.60. The molecule has 0 radical (unpaired) electrons. The lowest BCUT2D eigenvalue weighted by Gasteiger charge is -2.36. The molecule has 2 aromatic rings. The summed E-state index contributed by atoms with van der Waals surface area (Å²) in [5.74, 6) is 0.539. The van der Waals surface area contributed by atoms with Gasteiger partial charge in [-0.3, -0.25) is 4.79 Å². The second-order valence-corrected chi connectivity index (χ2v) is 7.20. The Bertz CT molecular complexity index is 802. The fraction of sp³-hybridized carbons (Fsp3) is 0.526. The van der Waals surface area contributed by atoms with Gasteiger partial charge in [-0.05, 0) is 37.1 Å². The molecule has 0 N–H and O–H groups in total. The van der Waals surface area contributed by atoms with E-state index in [0.717, 1.165) is 12.8 Å². The smallest absolute Gasteiger partial charge is 0.248 e. The molecule has 0 unspecified atom stereocenters. The molecule has 1 aromatic carbocycles. The number of hydrogen-bond acceptors (Lipinski definition) is 6. The van der Waals surface area contributed by atoms with Crippen LogP contribution in [0.25, 0.3) is 11.4 Å². The summed E-state index contributed by atoms with van der Waals surface area (Å²) in [6.07, 6.45) is 1.67. The van der Waals surface area contributed by atoms with E-state index in [9.17, 15) is 9.18 Å². The van der Waals surface area contributed by atoms with Crippen LogP contribution >= 0.6 is 0 Å². The van der Waals surface area contributed by atoms with E-state index in [2.05, 4.69) is 10.1 Å². The molecule has 4 rings (SSSR count). The van der Waals surface area contributed by atoms with Crippen LogP contribution in [0.2, 0.25) is 0 Å². The zero-order valence-corrected chi connectivity index (χ0v) is 15.2. The standard InChI is InChI=1S/C19H22FN3O4/c1-25-11-16(24)23-10-15(19(12-23)6-8-26-9-7-19)18-21-17(22-27-18)13-2-4-14(20)5-3-13/h2-5,15H,6-12H2,1H3/t15-/m0/s1. The van der Waals surface area contributed by atoms with Crippen molar-refractivity contribution in [3.8, 4) is 11.4 Å². The molecule has 0 bridgehead atoms. The summed E-state index contributed by atoms with van der Waals surface area (Å²) in [4.78, 5) is 18.8. The summed E-state index contributed by atoms with van der Waals surface area (Å²) < 4.78 is 29.3. The second kappa shape index (κ2) is 7.36. The first-order chi connectivity index (χ1) is 13.1. The predicted octanol–water partition coefficient (Wildman–Crippen LogP) is 2.24. The van der Waals surface area contributed by atoms with Crippen molar-refractivity contribution in [2.45, 2.75) is 18.8 Å². The van der Waals surface area contributed by atoms with Crippen LogP contribution in [0.15, 0.2) is 28.8 Å². The van der Waals surface area contributed by atoms with E-state index in [1.807, 2.05) is 4.90 Å². The van der Waals surface area contributed by atoms with Crippen LogP contribution in [-0.2, 0) is 14.3 Å². The van der Waals surface area contributed by atoms with Gasteiger partial charge in [0.25, 0.3) is 0 Å². The van der Waals surface area contributed by atoms with Gasteiger partial charge < -0.3 is 18.9 Å². The van der Waals surface area contributed by atoms with E-state index in [4.69, 9.17) is 14.0 Å². The third-order valence-corrected chi connectivity index (χ3v) is 5.60. The fourth-order valence-electron chi connectivity index (χ4n) is 4.09. The molecule has 2 aliphatic heterocycles. The number of aromatic nitrogens is 2. The maximum absolute atomic E-state index is 13.1. The first-order valence-corrected chi connectivity index (χ1v) is 9.05. The Morgan fingerprint density at radius 3 is 2.78 bits per heavy atom. The molecule has 7 nitrogen and oxygen atoms in total. The van der Waals surface area contributed by atoms with Gasteiger partial charge in [-0.2, -0.15) is 4.98 Å². The van der Waals surface area contributed by atoms with Crippen LogP contribution in [0, 0.1) is 11.2 Å². The Morgan fingerprint density at radius 1 is 1.33 bits per heavy atom. The average Bonchev–Trinajstić information content (AvgIpc) is 3.29. The number of carbonyl (C=O) groups is 1. The van der Waals surface area contributed by atoms with Crippen molar-refractivity contribution >= 4 is 5.91 Å². The molecule has 1 spiro atoms. The molecule has 27 heavy (non-hydrogen) atoms. The van der Waals surface area contributed by atoms with Crippen molar-refractivity contribution in [3.63, 3.8) is 0 Å². The van der Waals surface area contributed by atoms with E-state index < -0.39 is 0 Å². The van der Waals surface area contributed by atoms with Gasteiger partial charge in [0, 0.05) is 44.4 Å². The molecule has 1 atom stereocenters. The zero-order chi connectivity index (χ0) is 18.9. The van der Waals surface area contributed by atoms with E-state index in [1.54, 1.807) is 12.1 Å². The molecule has 1 aromatic heterocycles. The first kappa shape index (κ1) is 18.1. The summed E-state index contributed by atoms with van der Waals surface area (Å²) in [5.41, 5.74) is 0.562. The molecule has 144 valence electrons. The van der Waals surface area contributed by atoms with Gasteiger partial charge in [-0.1, -0.05) is 5.16 Å². The molecular formula is C19H22FN3O4. The maximum Gasteiger partial charge on any atom is 0.248 e. The van der Waals surface area contributed by atoms with Crippen molar-refractivity contribution < 1.29 is 23.2 Å². The van der Waals surface area contributed by atoms with Crippen LogP contribution in [0.1, 0.15) is 24.7 Å². The Hall–Kier alpha value is -2.32. The first-order valence-electron chi connectivity index (χ1n) is 9.05. The van der Waals surface area contributed by atoms with Crippen LogP contribution in [0.4, 0.5) is 4.39 Å². The van der Waals surface area contributed by atoms with Crippen molar-refractivity contribution in [2.75, 3.05) is 40.0 Å². The molecule has 1 amide bonds. The highest BCUT2D eigenvalue weighted by Gasteiger charge is 2.51. The van der Waals surface area contributed by atoms with Crippen molar-refractivity contribution in [3.05, 3.63) is 36.0 Å². The Labute approximate surface area is 156 Å². The minimum absolute atomic E-state index is 0.0378. The lowest BCUT2D eigenvalue weighted by Crippen LogP contribution is -2.38. The second-order valence-electron chi connectivity index (χ2n) is 7.20. The monoisotopic (exact) mass is 375 g/mol. The summed E-state index contributed by atoms with van der Waals surface area (Å²) >= 11 is 0. The van der Waals surface area contributed by atoms with Gasteiger partial charge in [0.2, 0.25) is 17.6 Å². The fourth-order valence-corrected chi connectivity index (χ4v) is 4.09. The van der Waals surface area contributed by atoms with E-state index in [1.165, 1.54) is 19.2 Å². The minimum atomic E-state index is -0.313. The van der Waals surface area contributed by atoms with Crippen LogP contribution < -0.4 is 0 Å². The Balaban J connectivity index is 1.62. The van der Waals surface area contributed by atoms with Gasteiger partial charge in [-0.15, -0.1) is 0 Å². The van der Waals surface area contributed by atoms with Gasteiger partial charge >= 0.3 is 0 Å². The molecule has 2 aliphatic rings. The number of amides is 1. The number of nitrogens with zero attached hydrogens (tertiary/aromatic N) is 3. The maximum atomic E-state index is 13.1. The summed E-state index contributed by atoms with van der Waals surface area (Å²) in [6, 6.07) is 5.98. The SMILES string of the molecule is COCC(=O)N1C[C@@H](c2nc(-c3ccc(F)cc3)no2)C2(CCOCC2)C1. The van der Waals surface area contributed by atoms with Crippen molar-refractivity contribution in [1.82, 2.24) is 15.0 Å². The van der Waals surface area contributed by atoms with Crippen LogP contribution in [0.3, 0.4) is 0 Å². The average molecular weight is 375 g/mol. The topological polar surface area (TPSA) is 77.7 Å². The van der Waals surface area contributed by atoms with E-state index >= 15 is 0 Å². The molecule has 2 fully saturated rings. The lowest BCUT2D eigenvalue weighted by atomic mass is 9.72. The van der Waals surface area contributed by atoms with Gasteiger partial charge in [0.15, 0.2) is 0 Å². The minimum Gasteiger partial charge on any atom is -0.381 e. The summed E-state index contributed by atoms with van der Waals surface area (Å²) in [7, 11) is 1.52. The highest BCUT2D eigenvalue weighted by Crippen LogP contribution is 2.49. The normalized spacial score (nSPS) is 21.7. The number of ether oxygens (including phenoxy) is 2. The molecule has 8 heteroatoms. The number of halogens is 1. The highest BCUT2D eigenvalue weighted by atomic mass is 19.1. The molecular weight excluding hydrogens is 353 g/mol. The highest BCUT2D eigenvalue weighted by molar-refractivity contribution is 5.78. The number of rotatable bonds is 4. The number of likely N-dealkylation sites (tertiary alicyclic amines) is 1. The van der Waals surface area contributed by atoms with E-state index in [-0.39, 0.29) is 29.7 Å². The van der Waals surface area contributed by atoms with Crippen LogP contribution in [0.5, 0.6) is 0 Å². The Morgan fingerprint density at radius 2 is 2.07 bits per heavy atom. The summed E-state index contributed by atoms with van der Waals surface area (Å²) in [6.45, 7) is 2.53. The third kappa shape index (κ3) is 3.46. The van der Waals surface area contributed by atoms with Crippen molar-refractivity contribution in [2.24, 2.45) is 5.41 Å². The van der Waals surface area contributed by atoms with E-state index in [0.29, 0.717) is 43.6 Å². The largest absolute Gasteiger partial charge is 0.381 e. The number of hydrogen-bond donors (Lipinski definition) is 0. The predicted molar refractivity (Wildman–Crippen MR) is 93.4 cm³/mol. The van der Waals surface area contributed by atoms with Gasteiger partial charge in [-0.25, -0.2) is 4.39 Å². The van der Waals surface area contributed by atoms with Gasteiger partial charge in [0.05, 0.1) is 5.92 Å². The quantitative estimate of drug-likeness (QED) is 0.816. The molecule has 3 heterocycles. The molecule has 0 aliphatic carbocycles. The number of benzene rings is 1. The molecule has 2 saturated heterocycles. The van der Waals surface area contributed by atoms with Gasteiger partial charge in [0.1, 0.15) is 12.4 Å². The lowest BCUT2D eigenvalue weighted by molar-refractivity contribution is -0.134. The van der Waals surface area contributed by atoms with Crippen LogP contribution in [-0.4, -0.2) is 61.0 Å². The zero-order valence-electron chi connectivity index (χ0n) is 15.2. The Kier molecular flexibility index (Phi) is 4.92. The van der Waals surface area contributed by atoms with Crippen molar-refractivity contribution in [1.29, 1.82) is 0 Å². The number of carbonyl (C=O) groups excluding carboxylic acids is 1. The number of methoxy groups -OCH3 is 1. The molecule has 0 saturated carbocycles. The summed E-state index contributed by atoms with van der Waals surface area (Å²) in [5, 5.41) is 4.08.